The minimum Gasteiger partial charge on any atom is -0.394 e. The first-order chi connectivity index (χ1) is 9.13. The Morgan fingerprint density at radius 2 is 2.21 bits per heavy atom. The first-order valence-corrected chi connectivity index (χ1v) is 7.86. The highest BCUT2D eigenvalue weighted by molar-refractivity contribution is 7.10. The van der Waals surface area contributed by atoms with E-state index in [1.165, 1.54) is 24.2 Å². The number of nitrogens with one attached hydrogen (secondary N) is 1. The molecule has 4 nitrogen and oxygen atoms in total. The summed E-state index contributed by atoms with van der Waals surface area (Å²) < 4.78 is 0. The van der Waals surface area contributed by atoms with Gasteiger partial charge in [-0.1, -0.05) is 26.7 Å². The molecule has 1 saturated carbocycles. The van der Waals surface area contributed by atoms with E-state index in [1.807, 2.05) is 0 Å². The summed E-state index contributed by atoms with van der Waals surface area (Å²) in [6.45, 7) is 4.13. The van der Waals surface area contributed by atoms with Crippen LogP contribution in [0.2, 0.25) is 0 Å². The Bertz CT molecular complexity index is 425. The van der Waals surface area contributed by atoms with Crippen molar-refractivity contribution in [3.63, 3.8) is 0 Å². The van der Waals surface area contributed by atoms with E-state index in [4.69, 9.17) is 0 Å². The van der Waals surface area contributed by atoms with Crippen LogP contribution in [0.1, 0.15) is 60.8 Å². The first kappa shape index (κ1) is 14.5. The van der Waals surface area contributed by atoms with Crippen LogP contribution in [0, 0.1) is 5.92 Å². The van der Waals surface area contributed by atoms with Crippen LogP contribution in [-0.2, 0) is 0 Å². The maximum absolute atomic E-state index is 12.3. The lowest BCUT2D eigenvalue weighted by molar-refractivity contribution is 0.0883. The Labute approximate surface area is 118 Å². The predicted molar refractivity (Wildman–Crippen MR) is 76.5 cm³/mol. The zero-order valence-corrected chi connectivity index (χ0v) is 12.4. The zero-order chi connectivity index (χ0) is 13.8. The Morgan fingerprint density at radius 3 is 2.79 bits per heavy atom. The largest absolute Gasteiger partial charge is 0.394 e. The van der Waals surface area contributed by atoms with E-state index in [-0.39, 0.29) is 18.6 Å². The minimum absolute atomic E-state index is 0.0115. The van der Waals surface area contributed by atoms with Crippen LogP contribution in [0.15, 0.2) is 5.51 Å². The standard InChI is InChI=1S/C14H22N2O2S/c1-9(2)13-12(15-8-19-13)14(18)16-11(7-17)10-5-3-4-6-10/h8-11,17H,3-7H2,1-2H3,(H,16,18). The van der Waals surface area contributed by atoms with Gasteiger partial charge in [-0.3, -0.25) is 4.79 Å². The number of thiazole rings is 1. The van der Waals surface area contributed by atoms with Crippen molar-refractivity contribution < 1.29 is 9.90 Å². The summed E-state index contributed by atoms with van der Waals surface area (Å²) in [5.41, 5.74) is 2.24. The number of rotatable bonds is 5. The lowest BCUT2D eigenvalue weighted by Crippen LogP contribution is -2.42. The van der Waals surface area contributed by atoms with Crippen LogP contribution in [0.3, 0.4) is 0 Å². The van der Waals surface area contributed by atoms with Crippen molar-refractivity contribution >= 4 is 17.2 Å². The third-order valence-electron chi connectivity index (χ3n) is 3.82. The summed E-state index contributed by atoms with van der Waals surface area (Å²) in [7, 11) is 0. The maximum Gasteiger partial charge on any atom is 0.271 e. The Hall–Kier alpha value is -0.940. The van der Waals surface area contributed by atoms with Crippen molar-refractivity contribution in [2.75, 3.05) is 6.61 Å². The molecule has 1 aromatic heterocycles. The van der Waals surface area contributed by atoms with Gasteiger partial charge in [0, 0.05) is 4.88 Å². The number of aliphatic hydroxyl groups is 1. The molecule has 1 atom stereocenters. The van der Waals surface area contributed by atoms with Crippen molar-refractivity contribution in [2.45, 2.75) is 51.5 Å². The monoisotopic (exact) mass is 282 g/mol. The van der Waals surface area contributed by atoms with Crippen molar-refractivity contribution in [3.8, 4) is 0 Å². The van der Waals surface area contributed by atoms with E-state index in [1.54, 1.807) is 5.51 Å². The maximum atomic E-state index is 12.3. The van der Waals surface area contributed by atoms with Crippen LogP contribution in [0.4, 0.5) is 0 Å². The van der Waals surface area contributed by atoms with Crippen molar-refractivity contribution in [2.24, 2.45) is 5.92 Å². The molecule has 0 bridgehead atoms. The molecular weight excluding hydrogens is 260 g/mol. The van der Waals surface area contributed by atoms with E-state index in [2.05, 4.69) is 24.1 Å². The topological polar surface area (TPSA) is 62.2 Å². The second-order valence-electron chi connectivity index (χ2n) is 5.53. The lowest BCUT2D eigenvalue weighted by atomic mass is 9.98. The molecular formula is C14H22N2O2S. The summed E-state index contributed by atoms with van der Waals surface area (Å²) in [6, 6.07) is -0.128. The van der Waals surface area contributed by atoms with E-state index >= 15 is 0 Å². The Morgan fingerprint density at radius 1 is 1.53 bits per heavy atom. The lowest BCUT2D eigenvalue weighted by Gasteiger charge is -2.22. The van der Waals surface area contributed by atoms with Crippen LogP contribution >= 0.6 is 11.3 Å². The molecule has 0 spiro atoms. The van der Waals surface area contributed by atoms with Crippen molar-refractivity contribution in [1.82, 2.24) is 10.3 Å². The molecule has 2 rings (SSSR count). The number of hydrogen-bond acceptors (Lipinski definition) is 4. The SMILES string of the molecule is CC(C)c1scnc1C(=O)NC(CO)C1CCCC1. The van der Waals surface area contributed by atoms with Gasteiger partial charge >= 0.3 is 0 Å². The highest BCUT2D eigenvalue weighted by Crippen LogP contribution is 2.28. The van der Waals surface area contributed by atoms with Crippen LogP contribution in [-0.4, -0.2) is 28.6 Å². The smallest absolute Gasteiger partial charge is 0.271 e. The highest BCUT2D eigenvalue weighted by atomic mass is 32.1. The third-order valence-corrected chi connectivity index (χ3v) is 4.95. The van der Waals surface area contributed by atoms with Crippen molar-refractivity contribution in [3.05, 3.63) is 16.1 Å². The van der Waals surface area contributed by atoms with Gasteiger partial charge in [-0.15, -0.1) is 11.3 Å². The highest BCUT2D eigenvalue weighted by Gasteiger charge is 2.27. The van der Waals surface area contributed by atoms with E-state index in [0.717, 1.165) is 17.7 Å². The minimum atomic E-state index is -0.143. The summed E-state index contributed by atoms with van der Waals surface area (Å²) in [4.78, 5) is 17.5. The fourth-order valence-corrected chi connectivity index (χ4v) is 3.55. The summed E-state index contributed by atoms with van der Waals surface area (Å²) >= 11 is 1.52. The van der Waals surface area contributed by atoms with Gasteiger partial charge in [0.1, 0.15) is 5.69 Å². The van der Waals surface area contributed by atoms with E-state index in [0.29, 0.717) is 17.5 Å². The molecule has 0 radical (unpaired) electrons. The molecule has 5 heteroatoms. The van der Waals surface area contributed by atoms with Crippen LogP contribution in [0.5, 0.6) is 0 Å². The molecule has 106 valence electrons. The van der Waals surface area contributed by atoms with Gasteiger partial charge in [-0.25, -0.2) is 4.98 Å². The molecule has 1 fully saturated rings. The molecule has 1 amide bonds. The summed E-state index contributed by atoms with van der Waals surface area (Å²) in [5.74, 6) is 0.568. The van der Waals surface area contributed by atoms with Gasteiger partial charge in [0.05, 0.1) is 18.2 Å². The molecule has 0 aromatic carbocycles. The molecule has 1 aliphatic rings. The average molecular weight is 282 g/mol. The number of aliphatic hydroxyl groups excluding tert-OH is 1. The number of carbonyl (C=O) groups excluding carboxylic acids is 1. The number of aromatic nitrogens is 1. The molecule has 1 unspecified atom stereocenters. The number of hydrogen-bond donors (Lipinski definition) is 2. The molecule has 1 heterocycles. The van der Waals surface area contributed by atoms with Gasteiger partial charge in [0.15, 0.2) is 0 Å². The molecule has 19 heavy (non-hydrogen) atoms. The molecule has 2 N–H and O–H groups in total. The average Bonchev–Trinajstić information content (AvgIpc) is 3.05. The third kappa shape index (κ3) is 3.34. The second-order valence-corrected chi connectivity index (χ2v) is 6.41. The van der Waals surface area contributed by atoms with Gasteiger partial charge in [0.2, 0.25) is 0 Å². The van der Waals surface area contributed by atoms with Gasteiger partial charge in [-0.05, 0) is 24.7 Å². The van der Waals surface area contributed by atoms with Gasteiger partial charge < -0.3 is 10.4 Å². The van der Waals surface area contributed by atoms with Crippen molar-refractivity contribution in [1.29, 1.82) is 0 Å². The summed E-state index contributed by atoms with van der Waals surface area (Å²) in [5, 5.41) is 12.4. The molecule has 0 saturated heterocycles. The van der Waals surface area contributed by atoms with E-state index < -0.39 is 0 Å². The fourth-order valence-electron chi connectivity index (χ4n) is 2.74. The Kier molecular flexibility index (Phi) is 4.93. The number of amides is 1. The van der Waals surface area contributed by atoms with Gasteiger partial charge in [-0.2, -0.15) is 0 Å². The number of nitrogens with zero attached hydrogens (tertiary/aromatic N) is 1. The molecule has 0 aliphatic heterocycles. The predicted octanol–water partition coefficient (Wildman–Crippen LogP) is 2.55. The first-order valence-electron chi connectivity index (χ1n) is 6.98. The van der Waals surface area contributed by atoms with Crippen LogP contribution in [0.25, 0.3) is 0 Å². The zero-order valence-electron chi connectivity index (χ0n) is 11.6. The molecule has 1 aliphatic carbocycles. The van der Waals surface area contributed by atoms with Gasteiger partial charge in [0.25, 0.3) is 5.91 Å². The number of carbonyl (C=O) groups is 1. The van der Waals surface area contributed by atoms with Crippen LogP contribution < -0.4 is 5.32 Å². The normalized spacial score (nSPS) is 17.9. The summed E-state index contributed by atoms with van der Waals surface area (Å²) in [6.07, 6.45) is 4.59. The molecule has 1 aromatic rings. The fraction of sp³-hybridized carbons (Fsp3) is 0.714. The van der Waals surface area contributed by atoms with E-state index in [9.17, 15) is 9.90 Å². The second kappa shape index (κ2) is 6.48. The quantitative estimate of drug-likeness (QED) is 0.872. The Balaban J connectivity index is 2.04.